The Bertz CT molecular complexity index is 825. The summed E-state index contributed by atoms with van der Waals surface area (Å²) >= 11 is 0. The molecule has 1 saturated heterocycles. The summed E-state index contributed by atoms with van der Waals surface area (Å²) in [5.41, 5.74) is 2.85. The molecule has 1 aromatic heterocycles. The second-order valence-corrected chi connectivity index (χ2v) is 6.51. The van der Waals surface area contributed by atoms with Crippen molar-refractivity contribution in [3.63, 3.8) is 0 Å². The number of carboxylic acid groups (broad SMARTS) is 1. The Balaban J connectivity index is 1.69. The van der Waals surface area contributed by atoms with Crippen LogP contribution in [0.4, 0.5) is 4.79 Å². The molecule has 132 valence electrons. The van der Waals surface area contributed by atoms with Gasteiger partial charge >= 0.3 is 6.09 Å². The molecule has 1 aliphatic heterocycles. The summed E-state index contributed by atoms with van der Waals surface area (Å²) in [7, 11) is 0. The minimum absolute atomic E-state index is 0.144. The molecular formula is C21H20N2O3. The first-order valence-corrected chi connectivity index (χ1v) is 8.82. The molecule has 4 rings (SSSR count). The minimum Gasteiger partial charge on any atom is -0.465 e. The van der Waals surface area contributed by atoms with E-state index in [1.165, 1.54) is 4.90 Å². The van der Waals surface area contributed by atoms with Crippen molar-refractivity contribution in [1.82, 2.24) is 9.88 Å². The van der Waals surface area contributed by atoms with E-state index in [1.807, 2.05) is 60.7 Å². The predicted octanol–water partition coefficient (Wildman–Crippen LogP) is 4.87. The Labute approximate surface area is 151 Å². The second-order valence-electron chi connectivity index (χ2n) is 6.51. The van der Waals surface area contributed by atoms with Gasteiger partial charge in [-0.2, -0.15) is 0 Å². The lowest BCUT2D eigenvalue weighted by Gasteiger charge is -2.28. The number of carbonyl (C=O) groups is 1. The van der Waals surface area contributed by atoms with Gasteiger partial charge in [-0.15, -0.1) is 0 Å². The maximum absolute atomic E-state index is 11.1. The van der Waals surface area contributed by atoms with Crippen LogP contribution in [-0.2, 0) is 0 Å². The van der Waals surface area contributed by atoms with Gasteiger partial charge < -0.3 is 14.4 Å². The zero-order valence-electron chi connectivity index (χ0n) is 14.3. The van der Waals surface area contributed by atoms with Crippen molar-refractivity contribution < 1.29 is 14.3 Å². The van der Waals surface area contributed by atoms with Gasteiger partial charge in [0.1, 0.15) is 5.69 Å². The molecule has 0 spiro atoms. The number of rotatable bonds is 3. The van der Waals surface area contributed by atoms with E-state index in [9.17, 15) is 4.79 Å². The molecule has 1 aliphatic rings. The molecule has 0 unspecified atom stereocenters. The van der Waals surface area contributed by atoms with Gasteiger partial charge in [-0.1, -0.05) is 60.7 Å². The highest BCUT2D eigenvalue weighted by Crippen LogP contribution is 2.37. The molecule has 26 heavy (non-hydrogen) atoms. The Hall–Kier alpha value is -3.08. The van der Waals surface area contributed by atoms with Gasteiger partial charge in [-0.25, -0.2) is 9.78 Å². The topological polar surface area (TPSA) is 66.6 Å². The molecule has 2 aromatic carbocycles. The lowest BCUT2D eigenvalue weighted by molar-refractivity contribution is 0.129. The van der Waals surface area contributed by atoms with Gasteiger partial charge in [0.15, 0.2) is 11.7 Å². The molecule has 1 amide bonds. The van der Waals surface area contributed by atoms with Crippen LogP contribution in [0.25, 0.3) is 22.6 Å². The van der Waals surface area contributed by atoms with E-state index in [1.54, 1.807) is 0 Å². The van der Waals surface area contributed by atoms with E-state index in [0.717, 1.165) is 35.4 Å². The summed E-state index contributed by atoms with van der Waals surface area (Å²) in [4.78, 5) is 17.4. The smallest absolute Gasteiger partial charge is 0.407 e. The zero-order valence-corrected chi connectivity index (χ0v) is 14.3. The van der Waals surface area contributed by atoms with Crippen molar-refractivity contribution in [2.24, 2.45) is 0 Å². The third kappa shape index (κ3) is 3.20. The summed E-state index contributed by atoms with van der Waals surface area (Å²) in [5, 5.41) is 9.13. The Morgan fingerprint density at radius 3 is 2.12 bits per heavy atom. The number of likely N-dealkylation sites (tertiary alicyclic amines) is 1. The number of piperidine rings is 1. The van der Waals surface area contributed by atoms with Gasteiger partial charge in [0.25, 0.3) is 0 Å². The van der Waals surface area contributed by atoms with Crippen LogP contribution < -0.4 is 0 Å². The fourth-order valence-electron chi connectivity index (χ4n) is 3.41. The van der Waals surface area contributed by atoms with Gasteiger partial charge in [0.05, 0.1) is 0 Å². The molecular weight excluding hydrogens is 328 g/mol. The summed E-state index contributed by atoms with van der Waals surface area (Å²) in [6, 6.07) is 20.0. The number of oxazole rings is 1. The monoisotopic (exact) mass is 348 g/mol. The molecule has 1 N–H and O–H groups in total. The molecule has 0 radical (unpaired) electrons. The molecule has 0 aliphatic carbocycles. The predicted molar refractivity (Wildman–Crippen MR) is 98.9 cm³/mol. The largest absolute Gasteiger partial charge is 0.465 e. The van der Waals surface area contributed by atoms with Crippen molar-refractivity contribution >= 4 is 6.09 Å². The van der Waals surface area contributed by atoms with Crippen LogP contribution in [0.3, 0.4) is 0 Å². The average molecular weight is 348 g/mol. The Kier molecular flexibility index (Phi) is 4.44. The van der Waals surface area contributed by atoms with E-state index in [0.29, 0.717) is 19.0 Å². The van der Waals surface area contributed by atoms with Gasteiger partial charge in [-0.3, -0.25) is 0 Å². The molecule has 1 fully saturated rings. The zero-order chi connectivity index (χ0) is 17.9. The third-order valence-corrected chi connectivity index (χ3v) is 4.84. The maximum Gasteiger partial charge on any atom is 0.407 e. The van der Waals surface area contributed by atoms with E-state index in [-0.39, 0.29) is 5.92 Å². The SMILES string of the molecule is O=C(O)N1CCC(c2nc(-c3ccccc3)c(-c3ccccc3)o2)CC1. The lowest BCUT2D eigenvalue weighted by atomic mass is 9.97. The van der Waals surface area contributed by atoms with Crippen LogP contribution in [0.5, 0.6) is 0 Å². The number of amides is 1. The first-order valence-electron chi connectivity index (χ1n) is 8.82. The molecule has 3 aromatic rings. The highest BCUT2D eigenvalue weighted by atomic mass is 16.4. The van der Waals surface area contributed by atoms with Gasteiger partial charge in [-0.05, 0) is 12.8 Å². The van der Waals surface area contributed by atoms with E-state index in [4.69, 9.17) is 14.5 Å². The fourth-order valence-corrected chi connectivity index (χ4v) is 3.41. The molecule has 0 bridgehead atoms. The molecule has 5 nitrogen and oxygen atoms in total. The van der Waals surface area contributed by atoms with Crippen LogP contribution in [0.2, 0.25) is 0 Å². The Morgan fingerprint density at radius 2 is 1.54 bits per heavy atom. The number of benzene rings is 2. The summed E-state index contributed by atoms with van der Waals surface area (Å²) in [5.74, 6) is 1.62. The van der Waals surface area contributed by atoms with E-state index >= 15 is 0 Å². The van der Waals surface area contributed by atoms with Crippen LogP contribution in [0.15, 0.2) is 65.1 Å². The fraction of sp³-hybridized carbons (Fsp3) is 0.238. The van der Waals surface area contributed by atoms with Crippen LogP contribution in [-0.4, -0.2) is 34.2 Å². The highest BCUT2D eigenvalue weighted by Gasteiger charge is 2.28. The normalized spacial score (nSPS) is 15.2. The first-order chi connectivity index (χ1) is 12.7. The van der Waals surface area contributed by atoms with Crippen molar-refractivity contribution in [3.05, 3.63) is 66.6 Å². The van der Waals surface area contributed by atoms with E-state index in [2.05, 4.69) is 0 Å². The summed E-state index contributed by atoms with van der Waals surface area (Å²) < 4.78 is 6.21. The molecule has 0 saturated carbocycles. The van der Waals surface area contributed by atoms with Crippen LogP contribution >= 0.6 is 0 Å². The maximum atomic E-state index is 11.1. The minimum atomic E-state index is -0.856. The standard InChI is InChI=1S/C21H20N2O3/c24-21(25)23-13-11-17(12-14-23)20-22-18(15-7-3-1-4-8-15)19(26-20)16-9-5-2-6-10-16/h1-10,17H,11-14H2,(H,24,25). The summed E-state index contributed by atoms with van der Waals surface area (Å²) in [6.07, 6.45) is 0.607. The summed E-state index contributed by atoms with van der Waals surface area (Å²) in [6.45, 7) is 1.04. The van der Waals surface area contributed by atoms with Gasteiger partial charge in [0, 0.05) is 30.1 Å². The highest BCUT2D eigenvalue weighted by molar-refractivity contribution is 5.76. The average Bonchev–Trinajstić information content (AvgIpc) is 3.15. The van der Waals surface area contributed by atoms with Crippen LogP contribution in [0.1, 0.15) is 24.7 Å². The number of hydrogen-bond donors (Lipinski definition) is 1. The molecule has 5 heteroatoms. The first kappa shape index (κ1) is 16.4. The number of hydrogen-bond acceptors (Lipinski definition) is 3. The van der Waals surface area contributed by atoms with Crippen molar-refractivity contribution in [2.45, 2.75) is 18.8 Å². The van der Waals surface area contributed by atoms with Crippen molar-refractivity contribution in [2.75, 3.05) is 13.1 Å². The van der Waals surface area contributed by atoms with Crippen LogP contribution in [0, 0.1) is 0 Å². The number of aromatic nitrogens is 1. The number of nitrogens with zero attached hydrogens (tertiary/aromatic N) is 2. The van der Waals surface area contributed by atoms with Crippen molar-refractivity contribution in [1.29, 1.82) is 0 Å². The van der Waals surface area contributed by atoms with E-state index < -0.39 is 6.09 Å². The molecule has 2 heterocycles. The Morgan fingerprint density at radius 1 is 0.962 bits per heavy atom. The van der Waals surface area contributed by atoms with Crippen molar-refractivity contribution in [3.8, 4) is 22.6 Å². The molecule has 0 atom stereocenters. The van der Waals surface area contributed by atoms with Gasteiger partial charge in [0.2, 0.25) is 0 Å². The lowest BCUT2D eigenvalue weighted by Crippen LogP contribution is -2.36. The second kappa shape index (κ2) is 7.04. The third-order valence-electron chi connectivity index (χ3n) is 4.84. The quantitative estimate of drug-likeness (QED) is 0.733.